The van der Waals surface area contributed by atoms with Crippen molar-refractivity contribution in [1.82, 2.24) is 4.98 Å². The lowest BCUT2D eigenvalue weighted by atomic mass is 9.92. The van der Waals surface area contributed by atoms with Gasteiger partial charge in [0.05, 0.1) is 18.4 Å². The van der Waals surface area contributed by atoms with Crippen LogP contribution in [0.4, 0.5) is 0 Å². The summed E-state index contributed by atoms with van der Waals surface area (Å²) in [5, 5.41) is 3.22. The normalized spacial score (nSPS) is 11.8. The van der Waals surface area contributed by atoms with E-state index in [0.717, 1.165) is 39.1 Å². The van der Waals surface area contributed by atoms with Gasteiger partial charge in [-0.3, -0.25) is 0 Å². The second-order valence-electron chi connectivity index (χ2n) is 7.78. The quantitative estimate of drug-likeness (QED) is 0.245. The minimum absolute atomic E-state index is 0.143. The maximum atomic E-state index is 11.9. The molecule has 0 aliphatic rings. The first-order valence-corrected chi connectivity index (χ1v) is 12.2. The van der Waals surface area contributed by atoms with E-state index in [9.17, 15) is 4.79 Å². The lowest BCUT2D eigenvalue weighted by Gasteiger charge is -2.16. The first kappa shape index (κ1) is 22.4. The number of rotatable bonds is 7. The Balaban J connectivity index is 1.65. The van der Waals surface area contributed by atoms with Crippen LogP contribution < -0.4 is 0 Å². The number of aromatic nitrogens is 1. The summed E-state index contributed by atoms with van der Waals surface area (Å²) in [6.07, 6.45) is 1.86. The third-order valence-electron chi connectivity index (χ3n) is 5.48. The summed E-state index contributed by atoms with van der Waals surface area (Å²) in [7, 11) is 1.40. The highest BCUT2D eigenvalue weighted by Gasteiger charge is 2.19. The lowest BCUT2D eigenvalue weighted by Crippen LogP contribution is -2.05. The first-order valence-electron chi connectivity index (χ1n) is 10.5. The van der Waals surface area contributed by atoms with Crippen molar-refractivity contribution in [2.75, 3.05) is 7.11 Å². The number of hydrogen-bond donors (Lipinski definition) is 0. The molecule has 162 valence electrons. The SMILES string of the molecule is COC(=O)c1ccc(C(CCc2cccc(Br)c2)c2nc(-c3cccc(C)c3)cs2)cc1. The Labute approximate surface area is 201 Å². The first-order chi connectivity index (χ1) is 15.5. The van der Waals surface area contributed by atoms with E-state index in [2.05, 4.69) is 70.7 Å². The van der Waals surface area contributed by atoms with E-state index in [0.29, 0.717) is 5.56 Å². The van der Waals surface area contributed by atoms with Crippen LogP contribution in [0.25, 0.3) is 11.3 Å². The largest absolute Gasteiger partial charge is 0.465 e. The second-order valence-corrected chi connectivity index (χ2v) is 9.58. The third kappa shape index (κ3) is 5.34. The van der Waals surface area contributed by atoms with Crippen molar-refractivity contribution < 1.29 is 9.53 Å². The van der Waals surface area contributed by atoms with E-state index in [-0.39, 0.29) is 11.9 Å². The Morgan fingerprint density at radius 1 is 1.06 bits per heavy atom. The molecule has 0 spiro atoms. The summed E-state index contributed by atoms with van der Waals surface area (Å²) in [5.41, 5.74) is 6.36. The van der Waals surface area contributed by atoms with Crippen molar-refractivity contribution in [3.05, 3.63) is 110 Å². The number of aryl methyl sites for hydroxylation is 2. The molecule has 1 atom stereocenters. The Bertz CT molecular complexity index is 1220. The Hall–Kier alpha value is -2.76. The van der Waals surface area contributed by atoms with E-state index in [4.69, 9.17) is 9.72 Å². The zero-order valence-corrected chi connectivity index (χ0v) is 20.4. The zero-order valence-electron chi connectivity index (χ0n) is 18.0. The molecular weight excluding hydrogens is 482 g/mol. The highest BCUT2D eigenvalue weighted by atomic mass is 79.9. The van der Waals surface area contributed by atoms with Crippen molar-refractivity contribution in [2.45, 2.75) is 25.7 Å². The molecule has 1 unspecified atom stereocenters. The van der Waals surface area contributed by atoms with E-state index in [1.165, 1.54) is 18.2 Å². The average Bonchev–Trinajstić information content (AvgIpc) is 3.29. The Morgan fingerprint density at radius 3 is 2.56 bits per heavy atom. The molecule has 4 aromatic rings. The van der Waals surface area contributed by atoms with Gasteiger partial charge in [0.15, 0.2) is 0 Å². The summed E-state index contributed by atoms with van der Waals surface area (Å²) in [5.74, 6) is -0.178. The number of halogens is 1. The molecule has 1 aromatic heterocycles. The lowest BCUT2D eigenvalue weighted by molar-refractivity contribution is 0.0600. The monoisotopic (exact) mass is 505 g/mol. The molecule has 0 fully saturated rings. The molecular formula is C27H24BrNO2S. The number of methoxy groups -OCH3 is 1. The van der Waals surface area contributed by atoms with Crippen LogP contribution in [0.15, 0.2) is 82.6 Å². The molecule has 5 heteroatoms. The number of ether oxygens (including phenoxy) is 1. The summed E-state index contributed by atoms with van der Waals surface area (Å²) >= 11 is 5.26. The fraction of sp³-hybridized carbons (Fsp3) is 0.185. The van der Waals surface area contributed by atoms with Gasteiger partial charge in [-0.1, -0.05) is 64.0 Å². The minimum atomic E-state index is -0.321. The van der Waals surface area contributed by atoms with Crippen LogP contribution >= 0.6 is 27.3 Å². The molecule has 0 amide bonds. The standard InChI is InChI=1S/C27H24BrNO2S/c1-18-5-3-7-22(15-18)25-17-32-26(29-25)24(14-9-19-6-4-8-23(28)16-19)20-10-12-21(13-11-20)27(30)31-2/h3-8,10-13,15-17,24H,9,14H2,1-2H3. The molecule has 0 aliphatic carbocycles. The molecule has 3 aromatic carbocycles. The van der Waals surface area contributed by atoms with Gasteiger partial charge in [0.25, 0.3) is 0 Å². The van der Waals surface area contributed by atoms with Gasteiger partial charge in [-0.05, 0) is 61.2 Å². The summed E-state index contributed by atoms with van der Waals surface area (Å²) in [4.78, 5) is 16.9. The number of benzene rings is 3. The van der Waals surface area contributed by atoms with Gasteiger partial charge in [-0.2, -0.15) is 0 Å². The summed E-state index contributed by atoms with van der Waals surface area (Å²) in [6, 6.07) is 24.6. The van der Waals surface area contributed by atoms with E-state index >= 15 is 0 Å². The highest BCUT2D eigenvalue weighted by Crippen LogP contribution is 2.34. The predicted molar refractivity (Wildman–Crippen MR) is 134 cm³/mol. The number of esters is 1. The molecule has 0 bridgehead atoms. The van der Waals surface area contributed by atoms with Crippen LogP contribution in [0.2, 0.25) is 0 Å². The van der Waals surface area contributed by atoms with Crippen molar-refractivity contribution in [2.24, 2.45) is 0 Å². The molecule has 3 nitrogen and oxygen atoms in total. The fourth-order valence-corrected chi connectivity index (χ4v) is 5.23. The Kier molecular flexibility index (Phi) is 7.18. The van der Waals surface area contributed by atoms with Gasteiger partial charge in [0, 0.05) is 21.3 Å². The fourth-order valence-electron chi connectivity index (χ4n) is 3.79. The molecule has 0 saturated carbocycles. The van der Waals surface area contributed by atoms with Gasteiger partial charge in [-0.15, -0.1) is 11.3 Å². The van der Waals surface area contributed by atoms with Crippen LogP contribution in [0.5, 0.6) is 0 Å². The second kappa shape index (κ2) is 10.2. The zero-order chi connectivity index (χ0) is 22.5. The van der Waals surface area contributed by atoms with Crippen molar-refractivity contribution in [3.8, 4) is 11.3 Å². The number of carbonyl (C=O) groups is 1. The topological polar surface area (TPSA) is 39.2 Å². The summed E-state index contributed by atoms with van der Waals surface area (Å²) in [6.45, 7) is 2.10. The van der Waals surface area contributed by atoms with Gasteiger partial charge in [-0.25, -0.2) is 9.78 Å². The van der Waals surface area contributed by atoms with E-state index < -0.39 is 0 Å². The van der Waals surface area contributed by atoms with Gasteiger partial charge in [0.2, 0.25) is 0 Å². The molecule has 0 aliphatic heterocycles. The summed E-state index contributed by atoms with van der Waals surface area (Å²) < 4.78 is 5.93. The highest BCUT2D eigenvalue weighted by molar-refractivity contribution is 9.10. The average molecular weight is 506 g/mol. The van der Waals surface area contributed by atoms with Crippen LogP contribution in [-0.2, 0) is 11.2 Å². The van der Waals surface area contributed by atoms with Gasteiger partial charge in [0.1, 0.15) is 5.01 Å². The molecule has 0 saturated heterocycles. The Morgan fingerprint density at radius 2 is 1.84 bits per heavy atom. The number of hydrogen-bond acceptors (Lipinski definition) is 4. The van der Waals surface area contributed by atoms with Crippen molar-refractivity contribution >= 4 is 33.2 Å². The number of thiazole rings is 1. The van der Waals surface area contributed by atoms with Crippen LogP contribution in [0.1, 0.15) is 44.4 Å². The predicted octanol–water partition coefficient (Wildman–Crippen LogP) is 7.43. The number of carbonyl (C=O) groups excluding carboxylic acids is 1. The van der Waals surface area contributed by atoms with Crippen LogP contribution in [0.3, 0.4) is 0 Å². The number of nitrogens with zero attached hydrogens (tertiary/aromatic N) is 1. The molecule has 1 heterocycles. The van der Waals surface area contributed by atoms with E-state index in [1.807, 2.05) is 30.3 Å². The van der Waals surface area contributed by atoms with Crippen molar-refractivity contribution in [3.63, 3.8) is 0 Å². The van der Waals surface area contributed by atoms with Gasteiger partial charge < -0.3 is 4.74 Å². The maximum Gasteiger partial charge on any atom is 0.337 e. The van der Waals surface area contributed by atoms with Crippen LogP contribution in [0, 0.1) is 6.92 Å². The van der Waals surface area contributed by atoms with Gasteiger partial charge >= 0.3 is 5.97 Å². The third-order valence-corrected chi connectivity index (χ3v) is 6.93. The molecule has 32 heavy (non-hydrogen) atoms. The maximum absolute atomic E-state index is 11.9. The smallest absolute Gasteiger partial charge is 0.337 e. The van der Waals surface area contributed by atoms with Crippen LogP contribution in [-0.4, -0.2) is 18.1 Å². The molecule has 4 rings (SSSR count). The minimum Gasteiger partial charge on any atom is -0.465 e. The molecule has 0 radical (unpaired) electrons. The van der Waals surface area contributed by atoms with E-state index in [1.54, 1.807) is 11.3 Å². The molecule has 0 N–H and O–H groups in total. The van der Waals surface area contributed by atoms with Crippen molar-refractivity contribution in [1.29, 1.82) is 0 Å².